The first-order chi connectivity index (χ1) is 9.11. The fraction of sp³-hybridized carbons (Fsp3) is 0.733. The molecule has 1 fully saturated rings. The van der Waals surface area contributed by atoms with Crippen LogP contribution in [0.3, 0.4) is 0 Å². The molecular formula is C15H26N2OS. The molecule has 3 nitrogen and oxygen atoms in total. The number of nitrogens with one attached hydrogen (secondary N) is 1. The summed E-state index contributed by atoms with van der Waals surface area (Å²) in [7, 11) is 0. The molecule has 1 saturated heterocycles. The molecule has 0 spiro atoms. The molecule has 1 N–H and O–H groups in total. The number of furan rings is 1. The molecule has 19 heavy (non-hydrogen) atoms. The Labute approximate surface area is 121 Å². The highest BCUT2D eigenvalue weighted by molar-refractivity contribution is 8.00. The molecule has 1 aromatic rings. The highest BCUT2D eigenvalue weighted by Gasteiger charge is 2.25. The normalized spacial score (nSPS) is 24.8. The van der Waals surface area contributed by atoms with E-state index in [-0.39, 0.29) is 0 Å². The first-order valence-electron chi connectivity index (χ1n) is 7.26. The third-order valence-electron chi connectivity index (χ3n) is 4.01. The topological polar surface area (TPSA) is 28.4 Å². The van der Waals surface area contributed by atoms with Crippen molar-refractivity contribution in [1.82, 2.24) is 10.2 Å². The van der Waals surface area contributed by atoms with Crippen molar-refractivity contribution in [2.75, 3.05) is 18.8 Å². The van der Waals surface area contributed by atoms with E-state index in [1.54, 1.807) is 0 Å². The molecular weight excluding hydrogens is 256 g/mol. The molecule has 2 heterocycles. The van der Waals surface area contributed by atoms with Gasteiger partial charge in [0.1, 0.15) is 11.5 Å². The van der Waals surface area contributed by atoms with Crippen LogP contribution in [0.5, 0.6) is 0 Å². The molecule has 4 heteroatoms. The molecule has 0 saturated carbocycles. The van der Waals surface area contributed by atoms with E-state index in [1.165, 1.54) is 17.9 Å². The van der Waals surface area contributed by atoms with Crippen LogP contribution in [-0.4, -0.2) is 35.0 Å². The zero-order valence-corrected chi connectivity index (χ0v) is 13.3. The second-order valence-electron chi connectivity index (χ2n) is 5.36. The predicted octanol–water partition coefficient (Wildman–Crippen LogP) is 3.02. The van der Waals surface area contributed by atoms with Crippen LogP contribution in [-0.2, 0) is 13.1 Å². The lowest BCUT2D eigenvalue weighted by Crippen LogP contribution is -2.43. The largest absolute Gasteiger partial charge is 0.465 e. The van der Waals surface area contributed by atoms with E-state index in [4.69, 9.17) is 4.42 Å². The summed E-state index contributed by atoms with van der Waals surface area (Å²) >= 11 is 2.09. The second-order valence-corrected chi connectivity index (χ2v) is 6.85. The fourth-order valence-corrected chi connectivity index (χ4v) is 3.68. The molecule has 0 aliphatic carbocycles. The van der Waals surface area contributed by atoms with E-state index in [1.807, 2.05) is 0 Å². The van der Waals surface area contributed by atoms with Crippen LogP contribution in [0.2, 0.25) is 0 Å². The van der Waals surface area contributed by atoms with Gasteiger partial charge < -0.3 is 9.73 Å². The minimum absolute atomic E-state index is 0.644. The standard InChI is InChI=1S/C15H26N2OS/c1-5-16-9-15-8-14(12(3)18-15)10-17-6-7-19-13(4)11(17)2/h8,11,13,16H,5-7,9-10H2,1-4H3. The van der Waals surface area contributed by atoms with E-state index < -0.39 is 0 Å². The molecule has 0 aromatic carbocycles. The Bertz CT molecular complexity index is 405. The smallest absolute Gasteiger partial charge is 0.118 e. The number of aryl methyl sites for hydroxylation is 1. The molecule has 2 rings (SSSR count). The molecule has 1 aliphatic heterocycles. The first kappa shape index (κ1) is 14.9. The summed E-state index contributed by atoms with van der Waals surface area (Å²) in [4.78, 5) is 2.58. The minimum Gasteiger partial charge on any atom is -0.465 e. The Kier molecular flexibility index (Phi) is 5.37. The molecule has 0 bridgehead atoms. The van der Waals surface area contributed by atoms with Crippen molar-refractivity contribution in [3.8, 4) is 0 Å². The van der Waals surface area contributed by atoms with Crippen LogP contribution in [0, 0.1) is 6.92 Å². The van der Waals surface area contributed by atoms with E-state index in [9.17, 15) is 0 Å². The molecule has 2 unspecified atom stereocenters. The van der Waals surface area contributed by atoms with Gasteiger partial charge in [-0.25, -0.2) is 0 Å². The highest BCUT2D eigenvalue weighted by Crippen LogP contribution is 2.27. The maximum Gasteiger partial charge on any atom is 0.118 e. The fourth-order valence-electron chi connectivity index (χ4n) is 2.52. The zero-order chi connectivity index (χ0) is 13.8. The maximum absolute atomic E-state index is 5.83. The average molecular weight is 282 g/mol. The molecule has 0 radical (unpaired) electrons. The van der Waals surface area contributed by atoms with Gasteiger partial charge in [-0.3, -0.25) is 4.90 Å². The van der Waals surface area contributed by atoms with Crippen molar-refractivity contribution in [2.45, 2.75) is 52.1 Å². The van der Waals surface area contributed by atoms with Crippen LogP contribution in [0.1, 0.15) is 37.9 Å². The molecule has 1 aliphatic rings. The van der Waals surface area contributed by atoms with Gasteiger partial charge in [0.05, 0.1) is 6.54 Å². The second kappa shape index (κ2) is 6.82. The van der Waals surface area contributed by atoms with Crippen LogP contribution < -0.4 is 5.32 Å². The third-order valence-corrected chi connectivity index (χ3v) is 5.35. The van der Waals surface area contributed by atoms with Crippen molar-refractivity contribution >= 4 is 11.8 Å². The number of hydrogen-bond acceptors (Lipinski definition) is 4. The average Bonchev–Trinajstić information content (AvgIpc) is 2.73. The van der Waals surface area contributed by atoms with Gasteiger partial charge in [-0.1, -0.05) is 13.8 Å². The van der Waals surface area contributed by atoms with Gasteiger partial charge in [-0.2, -0.15) is 11.8 Å². The summed E-state index contributed by atoms with van der Waals surface area (Å²) in [6.45, 7) is 12.9. The molecule has 1 aromatic heterocycles. The monoisotopic (exact) mass is 282 g/mol. The van der Waals surface area contributed by atoms with Gasteiger partial charge in [-0.15, -0.1) is 0 Å². The van der Waals surface area contributed by atoms with Gasteiger partial charge in [-0.05, 0) is 26.5 Å². The summed E-state index contributed by atoms with van der Waals surface area (Å²) in [6, 6.07) is 2.86. The lowest BCUT2D eigenvalue weighted by Gasteiger charge is -2.37. The van der Waals surface area contributed by atoms with E-state index in [0.29, 0.717) is 6.04 Å². The van der Waals surface area contributed by atoms with Crippen molar-refractivity contribution in [2.24, 2.45) is 0 Å². The minimum atomic E-state index is 0.644. The van der Waals surface area contributed by atoms with Crippen LogP contribution in [0.4, 0.5) is 0 Å². The number of nitrogens with zero attached hydrogens (tertiary/aromatic N) is 1. The Hall–Kier alpha value is -0.450. The quantitative estimate of drug-likeness (QED) is 0.898. The zero-order valence-electron chi connectivity index (χ0n) is 12.5. The number of thioether (sulfide) groups is 1. The summed E-state index contributed by atoms with van der Waals surface area (Å²) in [5, 5.41) is 4.04. The summed E-state index contributed by atoms with van der Waals surface area (Å²) in [5.74, 6) is 3.37. The van der Waals surface area contributed by atoms with Gasteiger partial charge in [0.2, 0.25) is 0 Å². The van der Waals surface area contributed by atoms with E-state index in [2.05, 4.69) is 55.7 Å². The summed E-state index contributed by atoms with van der Waals surface area (Å²) in [6.07, 6.45) is 0. The van der Waals surface area contributed by atoms with E-state index >= 15 is 0 Å². The van der Waals surface area contributed by atoms with Crippen LogP contribution >= 0.6 is 11.8 Å². The van der Waals surface area contributed by atoms with Crippen molar-refractivity contribution in [3.63, 3.8) is 0 Å². The van der Waals surface area contributed by atoms with Crippen LogP contribution in [0.25, 0.3) is 0 Å². The first-order valence-corrected chi connectivity index (χ1v) is 8.31. The van der Waals surface area contributed by atoms with E-state index in [0.717, 1.165) is 36.4 Å². The Morgan fingerprint density at radius 2 is 2.26 bits per heavy atom. The summed E-state index contributed by atoms with van der Waals surface area (Å²) < 4.78 is 5.83. The predicted molar refractivity (Wildman–Crippen MR) is 82.6 cm³/mol. The SMILES string of the molecule is CCNCc1cc(CN2CCSC(C)C2C)c(C)o1. The third kappa shape index (κ3) is 3.77. The lowest BCUT2D eigenvalue weighted by molar-refractivity contribution is 0.203. The van der Waals surface area contributed by atoms with Crippen molar-refractivity contribution < 1.29 is 4.42 Å². The number of rotatable bonds is 5. The maximum atomic E-state index is 5.83. The van der Waals surface area contributed by atoms with Gasteiger partial charge >= 0.3 is 0 Å². The Morgan fingerprint density at radius 3 is 3.00 bits per heavy atom. The summed E-state index contributed by atoms with van der Waals surface area (Å²) in [5.41, 5.74) is 1.35. The molecule has 2 atom stereocenters. The van der Waals surface area contributed by atoms with Gasteiger partial charge in [0.25, 0.3) is 0 Å². The van der Waals surface area contributed by atoms with Gasteiger partial charge in [0.15, 0.2) is 0 Å². The Morgan fingerprint density at radius 1 is 1.47 bits per heavy atom. The lowest BCUT2D eigenvalue weighted by atomic mass is 10.1. The van der Waals surface area contributed by atoms with Crippen LogP contribution in [0.15, 0.2) is 10.5 Å². The van der Waals surface area contributed by atoms with Crippen molar-refractivity contribution in [3.05, 3.63) is 23.2 Å². The van der Waals surface area contributed by atoms with Gasteiger partial charge in [0, 0.05) is 35.7 Å². The number of hydrogen-bond donors (Lipinski definition) is 1. The Balaban J connectivity index is 2.00. The molecule has 0 amide bonds. The highest BCUT2D eigenvalue weighted by atomic mass is 32.2. The van der Waals surface area contributed by atoms with Crippen molar-refractivity contribution in [1.29, 1.82) is 0 Å². The molecule has 108 valence electrons.